The van der Waals surface area contributed by atoms with Gasteiger partial charge in [-0.05, 0) is 6.42 Å². The zero-order valence-electron chi connectivity index (χ0n) is 11.6. The molecule has 1 atom stereocenters. The summed E-state index contributed by atoms with van der Waals surface area (Å²) >= 11 is 0. The largest absolute Gasteiger partial charge is 0.550 e. The Balaban J connectivity index is 2.20. The van der Waals surface area contributed by atoms with Crippen molar-refractivity contribution in [1.29, 1.82) is 0 Å². The van der Waals surface area contributed by atoms with Gasteiger partial charge < -0.3 is 20.1 Å². The number of aliphatic carboxylic acids is 1. The van der Waals surface area contributed by atoms with E-state index in [9.17, 15) is 19.5 Å². The number of hydrogen-bond donors (Lipinski definition) is 2. The van der Waals surface area contributed by atoms with Crippen molar-refractivity contribution >= 4 is 11.8 Å². The van der Waals surface area contributed by atoms with Gasteiger partial charge in [0.25, 0.3) is 5.56 Å². The first-order chi connectivity index (χ1) is 9.41. The molecule has 2 N–H and O–H groups in total. The van der Waals surface area contributed by atoms with Gasteiger partial charge in [0, 0.05) is 26.5 Å². The van der Waals surface area contributed by atoms with E-state index < -0.39 is 5.97 Å². The minimum atomic E-state index is -1.06. The summed E-state index contributed by atoms with van der Waals surface area (Å²) in [5, 5.41) is 13.5. The molecule has 20 heavy (non-hydrogen) atoms. The second kappa shape index (κ2) is 5.49. The number of nitrogens with zero attached hydrogens (tertiary/aromatic N) is 2. The number of aromatic nitrogens is 2. The quantitative estimate of drug-likeness (QED) is 0.594. The molecule has 0 saturated heterocycles. The molecule has 0 radical (unpaired) electrons. The van der Waals surface area contributed by atoms with E-state index in [0.717, 1.165) is 9.47 Å². The first-order valence-electron chi connectivity index (χ1n) is 6.48. The number of nitrogens with one attached hydrogen (secondary N) is 2. The number of carboxylic acid groups (broad SMARTS) is 1. The minimum Gasteiger partial charge on any atom is -0.550 e. The first-order valence-corrected chi connectivity index (χ1v) is 6.48. The molecule has 2 rings (SSSR count). The van der Waals surface area contributed by atoms with Crippen LogP contribution in [0.1, 0.15) is 18.4 Å². The van der Waals surface area contributed by atoms with Crippen molar-refractivity contribution in [2.45, 2.75) is 19.4 Å². The van der Waals surface area contributed by atoms with Crippen molar-refractivity contribution in [3.63, 3.8) is 0 Å². The van der Waals surface area contributed by atoms with Crippen LogP contribution in [0.5, 0.6) is 0 Å². The van der Waals surface area contributed by atoms with Gasteiger partial charge in [-0.2, -0.15) is 0 Å². The summed E-state index contributed by atoms with van der Waals surface area (Å²) in [6, 6.07) is 0. The molecule has 0 fully saturated rings. The molecule has 2 heterocycles. The van der Waals surface area contributed by atoms with Gasteiger partial charge in [0.15, 0.2) is 6.67 Å². The Hall–Kier alpha value is -2.09. The molecular formula is C12H18N4O4. The molecule has 0 saturated carbocycles. The van der Waals surface area contributed by atoms with Gasteiger partial charge in [-0.25, -0.2) is 4.79 Å². The van der Waals surface area contributed by atoms with Gasteiger partial charge in [-0.3, -0.25) is 13.9 Å². The molecule has 1 unspecified atom stereocenters. The average Bonchev–Trinajstić information content (AvgIpc) is 2.42. The zero-order valence-corrected chi connectivity index (χ0v) is 11.6. The molecule has 8 nitrogen and oxygen atoms in total. The molecule has 1 aromatic heterocycles. The van der Waals surface area contributed by atoms with Crippen molar-refractivity contribution < 1.29 is 14.8 Å². The van der Waals surface area contributed by atoms with Gasteiger partial charge in [0.05, 0.1) is 6.54 Å². The summed E-state index contributed by atoms with van der Waals surface area (Å²) < 4.78 is 2.51. The molecular weight excluding hydrogens is 264 g/mol. The maximum Gasteiger partial charge on any atom is 0.332 e. The van der Waals surface area contributed by atoms with E-state index in [1.165, 1.54) is 11.6 Å². The highest BCUT2D eigenvalue weighted by Gasteiger charge is 2.25. The van der Waals surface area contributed by atoms with Gasteiger partial charge in [-0.1, -0.05) is 0 Å². The third kappa shape index (κ3) is 2.60. The van der Waals surface area contributed by atoms with Crippen molar-refractivity contribution in [1.82, 2.24) is 9.13 Å². The fourth-order valence-electron chi connectivity index (χ4n) is 2.48. The van der Waals surface area contributed by atoms with E-state index in [4.69, 9.17) is 0 Å². The Labute approximate surface area is 115 Å². The van der Waals surface area contributed by atoms with Crippen LogP contribution < -0.4 is 26.6 Å². The van der Waals surface area contributed by atoms with Crippen LogP contribution in [-0.4, -0.2) is 28.3 Å². The van der Waals surface area contributed by atoms with Crippen LogP contribution >= 0.6 is 0 Å². The molecule has 8 heteroatoms. The van der Waals surface area contributed by atoms with E-state index in [2.05, 4.69) is 5.32 Å². The smallest absolute Gasteiger partial charge is 0.332 e. The van der Waals surface area contributed by atoms with E-state index in [1.54, 1.807) is 7.05 Å². The number of carboxylic acids is 1. The van der Waals surface area contributed by atoms with Crippen molar-refractivity contribution in [2.75, 3.05) is 18.5 Å². The second-order valence-electron chi connectivity index (χ2n) is 5.04. The van der Waals surface area contributed by atoms with E-state index in [-0.39, 0.29) is 17.7 Å². The molecule has 1 aliphatic heterocycles. The van der Waals surface area contributed by atoms with E-state index >= 15 is 0 Å². The van der Waals surface area contributed by atoms with Crippen LogP contribution in [0.25, 0.3) is 0 Å². The SMILES string of the molecule is Cn1c2c(c(=O)n(C)c1=O)C[NH+](CCCC(=O)[O-])CN2. The number of anilines is 1. The number of fused-ring (bicyclic) bond motifs is 1. The van der Waals surface area contributed by atoms with Gasteiger partial charge in [0.1, 0.15) is 17.9 Å². The first kappa shape index (κ1) is 14.3. The fraction of sp³-hybridized carbons (Fsp3) is 0.583. The van der Waals surface area contributed by atoms with Crippen LogP contribution in [0.15, 0.2) is 9.59 Å². The maximum absolute atomic E-state index is 12.1. The number of hydrogen-bond acceptors (Lipinski definition) is 5. The second-order valence-corrected chi connectivity index (χ2v) is 5.04. The van der Waals surface area contributed by atoms with Crippen LogP contribution in [0.3, 0.4) is 0 Å². The predicted octanol–water partition coefficient (Wildman–Crippen LogP) is -3.62. The topological polar surface area (TPSA) is 101 Å². The fourth-order valence-corrected chi connectivity index (χ4v) is 2.48. The number of carbonyl (C=O) groups is 1. The Bertz CT molecular complexity index is 646. The van der Waals surface area contributed by atoms with Gasteiger partial charge in [-0.15, -0.1) is 0 Å². The molecule has 0 amide bonds. The Morgan fingerprint density at radius 3 is 2.70 bits per heavy atom. The number of rotatable bonds is 4. The van der Waals surface area contributed by atoms with Crippen molar-refractivity contribution in [2.24, 2.45) is 14.1 Å². The lowest BCUT2D eigenvalue weighted by Crippen LogP contribution is -3.12. The molecule has 0 aliphatic carbocycles. The third-order valence-electron chi connectivity index (χ3n) is 3.60. The predicted molar refractivity (Wildman–Crippen MR) is 69.2 cm³/mol. The molecule has 0 spiro atoms. The minimum absolute atomic E-state index is 0.0155. The van der Waals surface area contributed by atoms with Gasteiger partial charge >= 0.3 is 5.69 Å². The number of quaternary nitrogens is 1. The molecule has 0 bridgehead atoms. The van der Waals surface area contributed by atoms with E-state index in [1.807, 2.05) is 0 Å². The summed E-state index contributed by atoms with van der Waals surface area (Å²) in [6.45, 7) is 1.67. The van der Waals surface area contributed by atoms with Crippen molar-refractivity contribution in [3.8, 4) is 0 Å². The highest BCUT2D eigenvalue weighted by atomic mass is 16.4. The lowest BCUT2D eigenvalue weighted by Gasteiger charge is -2.28. The highest BCUT2D eigenvalue weighted by molar-refractivity contribution is 5.64. The van der Waals surface area contributed by atoms with Crippen LogP contribution in [-0.2, 0) is 25.4 Å². The summed E-state index contributed by atoms with van der Waals surface area (Å²) in [4.78, 5) is 35.4. The summed E-state index contributed by atoms with van der Waals surface area (Å²) in [5.74, 6) is -0.505. The van der Waals surface area contributed by atoms with Crippen molar-refractivity contribution in [3.05, 3.63) is 26.4 Å². The average molecular weight is 282 g/mol. The Kier molecular flexibility index (Phi) is 3.93. The maximum atomic E-state index is 12.1. The van der Waals surface area contributed by atoms with Crippen LogP contribution in [0.2, 0.25) is 0 Å². The standard InChI is InChI=1S/C12H18N4O4/c1-14-10-8(11(19)15(2)12(14)20)6-16(7-13-10)5-3-4-9(17)18/h13H,3-7H2,1-2H3,(H,17,18). The lowest BCUT2D eigenvalue weighted by atomic mass is 10.2. The summed E-state index contributed by atoms with van der Waals surface area (Å²) in [5.41, 5.74) is -0.0985. The van der Waals surface area contributed by atoms with Crippen LogP contribution in [0.4, 0.5) is 5.82 Å². The van der Waals surface area contributed by atoms with E-state index in [0.29, 0.717) is 37.6 Å². The van der Waals surface area contributed by atoms with Gasteiger partial charge in [0.2, 0.25) is 0 Å². The molecule has 1 aromatic rings. The summed E-state index contributed by atoms with van der Waals surface area (Å²) in [7, 11) is 3.07. The molecule has 0 aromatic carbocycles. The monoisotopic (exact) mass is 282 g/mol. The number of carbonyl (C=O) groups excluding carboxylic acids is 1. The Morgan fingerprint density at radius 2 is 2.05 bits per heavy atom. The lowest BCUT2D eigenvalue weighted by molar-refractivity contribution is -0.912. The van der Waals surface area contributed by atoms with Crippen LogP contribution in [0, 0.1) is 0 Å². The normalized spacial score (nSPS) is 17.4. The summed E-state index contributed by atoms with van der Waals surface area (Å²) in [6.07, 6.45) is 0.516. The third-order valence-corrected chi connectivity index (χ3v) is 3.60. The molecule has 1 aliphatic rings. The zero-order chi connectivity index (χ0) is 14.9. The Morgan fingerprint density at radius 1 is 1.35 bits per heavy atom. The highest BCUT2D eigenvalue weighted by Crippen LogP contribution is 2.08. The molecule has 110 valence electrons.